The van der Waals surface area contributed by atoms with Crippen molar-refractivity contribution in [2.75, 3.05) is 26.2 Å². The summed E-state index contributed by atoms with van der Waals surface area (Å²) in [5.41, 5.74) is 1.14. The van der Waals surface area contributed by atoms with Crippen LogP contribution in [0.25, 0.3) is 0 Å². The van der Waals surface area contributed by atoms with Crippen molar-refractivity contribution in [2.24, 2.45) is 0 Å². The van der Waals surface area contributed by atoms with Gasteiger partial charge < -0.3 is 14.5 Å². The molecule has 4 nitrogen and oxygen atoms in total. The number of rotatable bonds is 5. The number of cyclic esters (lactones) is 1. The molecular weight excluding hydrogens is 344 g/mol. The van der Waals surface area contributed by atoms with Gasteiger partial charge in [0.25, 0.3) is 0 Å². The molecule has 2 unspecified atom stereocenters. The van der Waals surface area contributed by atoms with Crippen LogP contribution in [0.1, 0.15) is 37.8 Å². The van der Waals surface area contributed by atoms with Crippen LogP contribution in [0.4, 0.5) is 4.79 Å². The van der Waals surface area contributed by atoms with Gasteiger partial charge in [0.05, 0.1) is 6.04 Å². The fourth-order valence-electron chi connectivity index (χ4n) is 3.05. The second kappa shape index (κ2) is 7.01. The fraction of sp³-hybridized carbons (Fsp3) is 0.588. The van der Waals surface area contributed by atoms with Crippen molar-refractivity contribution in [1.82, 2.24) is 9.80 Å². The molecule has 5 heteroatoms. The maximum Gasteiger partial charge on any atom is 0.410 e. The molecule has 0 aliphatic carbocycles. The molecule has 0 radical (unpaired) electrons. The van der Waals surface area contributed by atoms with Crippen LogP contribution >= 0.6 is 15.9 Å². The summed E-state index contributed by atoms with van der Waals surface area (Å²) < 4.78 is 6.69. The highest BCUT2D eigenvalue weighted by Crippen LogP contribution is 2.27. The van der Waals surface area contributed by atoms with E-state index in [-0.39, 0.29) is 18.2 Å². The number of carbonyl (C=O) groups is 1. The summed E-state index contributed by atoms with van der Waals surface area (Å²) >= 11 is 3.44. The maximum atomic E-state index is 12.3. The van der Waals surface area contributed by atoms with Crippen molar-refractivity contribution < 1.29 is 9.53 Å². The lowest BCUT2D eigenvalue weighted by Gasteiger charge is -2.37. The van der Waals surface area contributed by atoms with E-state index in [1.54, 1.807) is 0 Å². The molecule has 2 fully saturated rings. The first kappa shape index (κ1) is 15.8. The third-order valence-electron chi connectivity index (χ3n) is 4.73. The van der Waals surface area contributed by atoms with Crippen molar-refractivity contribution in [3.63, 3.8) is 0 Å². The summed E-state index contributed by atoms with van der Waals surface area (Å²) in [4.78, 5) is 16.6. The molecule has 1 aromatic rings. The van der Waals surface area contributed by atoms with Gasteiger partial charge in [-0.05, 0) is 50.6 Å². The van der Waals surface area contributed by atoms with E-state index in [2.05, 4.69) is 39.9 Å². The van der Waals surface area contributed by atoms with Gasteiger partial charge in [0.15, 0.2) is 0 Å². The van der Waals surface area contributed by atoms with E-state index in [4.69, 9.17) is 4.74 Å². The number of hydrogen-bond acceptors (Lipinski definition) is 3. The van der Waals surface area contributed by atoms with Gasteiger partial charge in [0.1, 0.15) is 6.10 Å². The Hall–Kier alpha value is -1.07. The van der Waals surface area contributed by atoms with Crippen LogP contribution < -0.4 is 0 Å². The summed E-state index contributed by atoms with van der Waals surface area (Å²) in [6.07, 6.45) is 3.12. The van der Waals surface area contributed by atoms with Gasteiger partial charge in [-0.2, -0.15) is 0 Å². The molecule has 2 aliphatic rings. The molecule has 0 N–H and O–H groups in total. The number of likely N-dealkylation sites (tertiary alicyclic amines) is 1. The third-order valence-corrected chi connectivity index (χ3v) is 5.26. The lowest BCUT2D eigenvalue weighted by atomic mass is 10.0. The second-order valence-corrected chi connectivity index (χ2v) is 7.11. The Morgan fingerprint density at radius 2 is 2.00 bits per heavy atom. The molecule has 1 amide bonds. The minimum absolute atomic E-state index is 0.0527. The SMILES string of the molecule is CC(c1ccc(Br)cc1)N1CCC(CCN2CCC2)OC1=O. The van der Waals surface area contributed by atoms with Gasteiger partial charge in [-0.3, -0.25) is 0 Å². The quantitative estimate of drug-likeness (QED) is 0.793. The zero-order chi connectivity index (χ0) is 15.5. The van der Waals surface area contributed by atoms with E-state index < -0.39 is 0 Å². The number of ether oxygens (including phenoxy) is 1. The predicted molar refractivity (Wildman–Crippen MR) is 89.8 cm³/mol. The Labute approximate surface area is 140 Å². The topological polar surface area (TPSA) is 32.8 Å². The molecule has 120 valence electrons. The largest absolute Gasteiger partial charge is 0.446 e. The minimum atomic E-state index is -0.171. The first-order valence-electron chi connectivity index (χ1n) is 8.08. The molecule has 2 aliphatic heterocycles. The molecule has 22 heavy (non-hydrogen) atoms. The molecule has 0 saturated carbocycles. The highest BCUT2D eigenvalue weighted by atomic mass is 79.9. The molecule has 0 spiro atoms. The van der Waals surface area contributed by atoms with Gasteiger partial charge in [-0.15, -0.1) is 0 Å². The van der Waals surface area contributed by atoms with Crippen molar-refractivity contribution in [2.45, 2.75) is 38.3 Å². The normalized spacial score (nSPS) is 23.8. The lowest BCUT2D eigenvalue weighted by Crippen LogP contribution is -2.45. The molecular formula is C17H23BrN2O2. The van der Waals surface area contributed by atoms with Crippen LogP contribution in [0.2, 0.25) is 0 Å². The zero-order valence-electron chi connectivity index (χ0n) is 13.0. The summed E-state index contributed by atoms with van der Waals surface area (Å²) in [5.74, 6) is 0. The van der Waals surface area contributed by atoms with Crippen LogP contribution in [-0.2, 0) is 4.74 Å². The standard InChI is InChI=1S/C17H23BrN2O2/c1-13(14-3-5-15(18)6-4-14)20-12-8-16(22-17(20)21)7-11-19-9-2-10-19/h3-6,13,16H,2,7-12H2,1H3. The van der Waals surface area contributed by atoms with Crippen LogP contribution in [0.15, 0.2) is 28.7 Å². The van der Waals surface area contributed by atoms with Gasteiger partial charge in [0, 0.05) is 24.0 Å². The summed E-state index contributed by atoms with van der Waals surface area (Å²) in [5, 5.41) is 0. The first-order chi connectivity index (χ1) is 10.6. The average molecular weight is 367 g/mol. The van der Waals surface area contributed by atoms with Crippen molar-refractivity contribution in [3.05, 3.63) is 34.3 Å². The number of nitrogens with zero attached hydrogens (tertiary/aromatic N) is 2. The Bertz CT molecular complexity index is 516. The van der Waals surface area contributed by atoms with E-state index in [9.17, 15) is 4.79 Å². The Kier molecular flexibility index (Phi) is 5.03. The number of benzene rings is 1. The predicted octanol–water partition coefficient (Wildman–Crippen LogP) is 3.82. The molecule has 2 saturated heterocycles. The van der Waals surface area contributed by atoms with Crippen LogP contribution in [0.3, 0.4) is 0 Å². The number of halogens is 1. The highest BCUT2D eigenvalue weighted by molar-refractivity contribution is 9.10. The molecule has 0 aromatic heterocycles. The van der Waals surface area contributed by atoms with Crippen LogP contribution in [0.5, 0.6) is 0 Å². The maximum absolute atomic E-state index is 12.3. The van der Waals surface area contributed by atoms with E-state index in [1.165, 1.54) is 19.5 Å². The Balaban J connectivity index is 1.53. The highest BCUT2D eigenvalue weighted by Gasteiger charge is 2.31. The second-order valence-electron chi connectivity index (χ2n) is 6.20. The third kappa shape index (κ3) is 3.63. The monoisotopic (exact) mass is 366 g/mol. The number of hydrogen-bond donors (Lipinski definition) is 0. The molecule has 1 aromatic carbocycles. The van der Waals surface area contributed by atoms with E-state index in [1.807, 2.05) is 17.0 Å². The first-order valence-corrected chi connectivity index (χ1v) is 8.88. The van der Waals surface area contributed by atoms with Gasteiger partial charge in [0.2, 0.25) is 0 Å². The number of amides is 1. The molecule has 2 atom stereocenters. The fourth-order valence-corrected chi connectivity index (χ4v) is 3.32. The smallest absolute Gasteiger partial charge is 0.410 e. The molecule has 2 heterocycles. The molecule has 3 rings (SSSR count). The minimum Gasteiger partial charge on any atom is -0.446 e. The average Bonchev–Trinajstić information content (AvgIpc) is 2.46. The summed E-state index contributed by atoms with van der Waals surface area (Å²) in [6.45, 7) is 6.30. The van der Waals surface area contributed by atoms with Crippen molar-refractivity contribution >= 4 is 22.0 Å². The van der Waals surface area contributed by atoms with Gasteiger partial charge >= 0.3 is 6.09 Å². The zero-order valence-corrected chi connectivity index (χ0v) is 14.6. The van der Waals surface area contributed by atoms with Crippen LogP contribution in [-0.4, -0.2) is 48.2 Å². The van der Waals surface area contributed by atoms with Crippen molar-refractivity contribution in [3.8, 4) is 0 Å². The van der Waals surface area contributed by atoms with Gasteiger partial charge in [-0.1, -0.05) is 28.1 Å². The van der Waals surface area contributed by atoms with Gasteiger partial charge in [-0.25, -0.2) is 4.79 Å². The lowest BCUT2D eigenvalue weighted by molar-refractivity contribution is 0.00364. The van der Waals surface area contributed by atoms with Crippen LogP contribution in [0, 0.1) is 0 Å². The Morgan fingerprint density at radius 3 is 2.59 bits per heavy atom. The summed E-state index contributed by atoms with van der Waals surface area (Å²) in [7, 11) is 0. The summed E-state index contributed by atoms with van der Waals surface area (Å²) in [6, 6.07) is 8.18. The molecule has 0 bridgehead atoms. The van der Waals surface area contributed by atoms with E-state index >= 15 is 0 Å². The van der Waals surface area contributed by atoms with Crippen molar-refractivity contribution in [1.29, 1.82) is 0 Å². The Morgan fingerprint density at radius 1 is 1.27 bits per heavy atom. The van der Waals surface area contributed by atoms with E-state index in [0.29, 0.717) is 0 Å². The van der Waals surface area contributed by atoms with E-state index in [0.717, 1.165) is 36.0 Å². The number of carbonyl (C=O) groups excluding carboxylic acids is 1.